The van der Waals surface area contributed by atoms with Gasteiger partial charge in [-0.05, 0) is 50.7 Å². The lowest BCUT2D eigenvalue weighted by molar-refractivity contribution is 0.0775. The summed E-state index contributed by atoms with van der Waals surface area (Å²) < 4.78 is 10.2. The first-order chi connectivity index (χ1) is 8.98. The fourth-order valence-electron chi connectivity index (χ4n) is 0.922. The van der Waals surface area contributed by atoms with Crippen LogP contribution >= 0.6 is 0 Å². The Bertz CT molecular complexity index is 286. The van der Waals surface area contributed by atoms with E-state index in [9.17, 15) is 0 Å². The van der Waals surface area contributed by atoms with Gasteiger partial charge in [0.1, 0.15) is 0 Å². The van der Waals surface area contributed by atoms with Crippen molar-refractivity contribution in [2.24, 2.45) is 11.3 Å². The van der Waals surface area contributed by atoms with Crippen LogP contribution in [0.5, 0.6) is 0 Å². The van der Waals surface area contributed by atoms with Crippen LogP contribution in [-0.2, 0) is 9.47 Å². The molecule has 0 aliphatic heterocycles. The molecule has 0 aromatic carbocycles. The molecule has 0 amide bonds. The fraction of sp³-hybridized carbons (Fsp3) is 0.667. The molecule has 0 radical (unpaired) electrons. The third kappa shape index (κ3) is 25.6. The van der Waals surface area contributed by atoms with Crippen molar-refractivity contribution in [2.45, 2.75) is 67.4 Å². The van der Waals surface area contributed by atoms with Crippen molar-refractivity contribution in [3.05, 3.63) is 37.5 Å². The lowest BCUT2D eigenvalue weighted by atomic mass is 9.97. The van der Waals surface area contributed by atoms with Crippen LogP contribution < -0.4 is 0 Å². The molecule has 0 unspecified atom stereocenters. The van der Waals surface area contributed by atoms with Gasteiger partial charge in [0.15, 0.2) is 0 Å². The summed E-state index contributed by atoms with van der Waals surface area (Å²) in [6, 6.07) is 0. The first kappa shape index (κ1) is 21.1. The van der Waals surface area contributed by atoms with E-state index in [1.165, 1.54) is 6.26 Å². The Labute approximate surface area is 126 Å². The second kappa shape index (κ2) is 10.6. The van der Waals surface area contributed by atoms with E-state index in [0.29, 0.717) is 5.92 Å². The lowest BCUT2D eigenvalue weighted by Crippen LogP contribution is -2.14. The zero-order valence-electron chi connectivity index (χ0n) is 14.7. The summed E-state index contributed by atoms with van der Waals surface area (Å²) >= 11 is 0. The molecule has 0 bridgehead atoms. The molecule has 0 heterocycles. The molecule has 0 aromatic heterocycles. The minimum Gasteiger partial charge on any atom is -0.496 e. The van der Waals surface area contributed by atoms with Gasteiger partial charge in [-0.3, -0.25) is 0 Å². The minimum atomic E-state index is -0.0677. The molecule has 118 valence electrons. The molecule has 0 aromatic rings. The summed E-state index contributed by atoms with van der Waals surface area (Å²) in [6.45, 7) is 20.2. The van der Waals surface area contributed by atoms with E-state index in [1.807, 2.05) is 26.8 Å². The largest absolute Gasteiger partial charge is 0.496 e. The Balaban J connectivity index is 0. The van der Waals surface area contributed by atoms with Gasteiger partial charge in [-0.1, -0.05) is 41.2 Å². The summed E-state index contributed by atoms with van der Waals surface area (Å²) in [4.78, 5) is 0. The summed E-state index contributed by atoms with van der Waals surface area (Å²) in [7, 11) is 0. The number of rotatable bonds is 5. The highest BCUT2D eigenvalue weighted by Gasteiger charge is 2.05. The van der Waals surface area contributed by atoms with Crippen molar-refractivity contribution in [1.29, 1.82) is 0 Å². The lowest BCUT2D eigenvalue weighted by Gasteiger charge is -2.16. The molecular weight excluding hydrogens is 248 g/mol. The monoisotopic (exact) mass is 282 g/mol. The predicted octanol–water partition coefficient (Wildman–Crippen LogP) is 6.07. The average molecular weight is 282 g/mol. The quantitative estimate of drug-likeness (QED) is 0.570. The van der Waals surface area contributed by atoms with E-state index in [4.69, 9.17) is 9.47 Å². The van der Waals surface area contributed by atoms with Gasteiger partial charge >= 0.3 is 0 Å². The van der Waals surface area contributed by atoms with Crippen LogP contribution in [0.4, 0.5) is 0 Å². The van der Waals surface area contributed by atoms with E-state index >= 15 is 0 Å². The van der Waals surface area contributed by atoms with Crippen molar-refractivity contribution < 1.29 is 9.47 Å². The van der Waals surface area contributed by atoms with Crippen LogP contribution in [0.3, 0.4) is 0 Å². The molecule has 0 spiro atoms. The van der Waals surface area contributed by atoms with E-state index in [2.05, 4.69) is 47.3 Å². The molecule has 2 heteroatoms. The van der Waals surface area contributed by atoms with Crippen molar-refractivity contribution >= 4 is 0 Å². The van der Waals surface area contributed by atoms with Gasteiger partial charge in [0.05, 0.1) is 24.4 Å². The highest BCUT2D eigenvalue weighted by atomic mass is 16.5. The number of ether oxygens (including phenoxy) is 2. The smallest absolute Gasteiger partial charge is 0.0997 e. The van der Waals surface area contributed by atoms with Crippen molar-refractivity contribution in [3.8, 4) is 0 Å². The molecule has 0 saturated carbocycles. The second-order valence-corrected chi connectivity index (χ2v) is 7.20. The molecule has 0 fully saturated rings. The summed E-state index contributed by atoms with van der Waals surface area (Å²) in [5, 5.41) is 0. The Morgan fingerprint density at radius 1 is 1.00 bits per heavy atom. The maximum absolute atomic E-state index is 5.20. The topological polar surface area (TPSA) is 18.5 Å². The summed E-state index contributed by atoms with van der Waals surface area (Å²) in [6.07, 6.45) is 10.1. The van der Waals surface area contributed by atoms with E-state index < -0.39 is 0 Å². The Morgan fingerprint density at radius 2 is 1.55 bits per heavy atom. The highest BCUT2D eigenvalue weighted by Crippen LogP contribution is 2.14. The van der Waals surface area contributed by atoms with Crippen LogP contribution in [0.25, 0.3) is 0 Å². The van der Waals surface area contributed by atoms with E-state index in [-0.39, 0.29) is 11.0 Å². The number of hydrogen-bond donors (Lipinski definition) is 0. The second-order valence-electron chi connectivity index (χ2n) is 7.20. The van der Waals surface area contributed by atoms with E-state index in [0.717, 1.165) is 6.42 Å². The minimum absolute atomic E-state index is 0.0677. The third-order valence-electron chi connectivity index (χ3n) is 1.87. The molecule has 0 N–H and O–H groups in total. The molecule has 0 aliphatic rings. The van der Waals surface area contributed by atoms with Crippen LogP contribution in [0.1, 0.15) is 61.8 Å². The average Bonchev–Trinajstić information content (AvgIpc) is 2.20. The highest BCUT2D eigenvalue weighted by molar-refractivity contribution is 4.89. The molecule has 20 heavy (non-hydrogen) atoms. The molecule has 0 aliphatic carbocycles. The van der Waals surface area contributed by atoms with Gasteiger partial charge in [-0.25, -0.2) is 0 Å². The maximum Gasteiger partial charge on any atom is 0.0997 e. The van der Waals surface area contributed by atoms with Gasteiger partial charge < -0.3 is 9.47 Å². The molecular formula is C18H34O2. The first-order valence-corrected chi connectivity index (χ1v) is 7.25. The SMILES string of the molecule is C=COC(C)(C)C.CC(C)CC=COC=CC(C)(C)C. The molecule has 2 nitrogen and oxygen atoms in total. The van der Waals surface area contributed by atoms with Gasteiger partial charge in [-0.15, -0.1) is 0 Å². The third-order valence-corrected chi connectivity index (χ3v) is 1.87. The van der Waals surface area contributed by atoms with Crippen LogP contribution in [0.15, 0.2) is 37.5 Å². The maximum atomic E-state index is 5.20. The first-order valence-electron chi connectivity index (χ1n) is 7.25. The zero-order chi connectivity index (χ0) is 16.2. The van der Waals surface area contributed by atoms with Gasteiger partial charge in [0, 0.05) is 0 Å². The Hall–Kier alpha value is -1.18. The van der Waals surface area contributed by atoms with Gasteiger partial charge in [0.2, 0.25) is 0 Å². The van der Waals surface area contributed by atoms with Crippen LogP contribution in [-0.4, -0.2) is 5.60 Å². The van der Waals surface area contributed by atoms with Crippen molar-refractivity contribution in [3.63, 3.8) is 0 Å². The van der Waals surface area contributed by atoms with E-state index in [1.54, 1.807) is 12.5 Å². The normalized spacial score (nSPS) is 12.4. The fourth-order valence-corrected chi connectivity index (χ4v) is 0.922. The number of hydrogen-bond acceptors (Lipinski definition) is 2. The summed E-state index contributed by atoms with van der Waals surface area (Å²) in [5.41, 5.74) is 0.133. The predicted molar refractivity (Wildman–Crippen MR) is 89.3 cm³/mol. The zero-order valence-corrected chi connectivity index (χ0v) is 14.7. The van der Waals surface area contributed by atoms with Gasteiger partial charge in [-0.2, -0.15) is 0 Å². The molecule has 0 saturated heterocycles. The Kier molecular flexibility index (Phi) is 11.2. The Morgan fingerprint density at radius 3 is 1.85 bits per heavy atom. The van der Waals surface area contributed by atoms with Crippen LogP contribution in [0.2, 0.25) is 0 Å². The summed E-state index contributed by atoms with van der Waals surface area (Å²) in [5.74, 6) is 0.700. The van der Waals surface area contributed by atoms with Crippen molar-refractivity contribution in [1.82, 2.24) is 0 Å². The van der Waals surface area contributed by atoms with Crippen LogP contribution in [0, 0.1) is 11.3 Å². The number of allylic oxidation sites excluding steroid dienone is 2. The van der Waals surface area contributed by atoms with Gasteiger partial charge in [0.25, 0.3) is 0 Å². The standard InChI is InChI=1S/C12H22O.C6H12O/c1-11(2)7-6-9-13-10-8-12(3,4)5;1-5-7-6(2,3)4/h6,8-11H,7H2,1-5H3;5H,1H2,2-4H3. The molecule has 0 rings (SSSR count). The van der Waals surface area contributed by atoms with Crippen molar-refractivity contribution in [2.75, 3.05) is 0 Å². The molecule has 0 atom stereocenters.